The summed E-state index contributed by atoms with van der Waals surface area (Å²) in [5.74, 6) is 0.685. The Bertz CT molecular complexity index is 1200. The maximum atomic E-state index is 12.2. The van der Waals surface area contributed by atoms with Crippen molar-refractivity contribution in [1.29, 1.82) is 0 Å². The first-order valence-electron chi connectivity index (χ1n) is 10.7. The molecule has 3 aromatic carbocycles. The molecule has 162 valence electrons. The Hall–Kier alpha value is -3.93. The number of imidazole rings is 1. The molecule has 0 saturated carbocycles. The van der Waals surface area contributed by atoms with Crippen molar-refractivity contribution >= 4 is 22.7 Å². The van der Waals surface area contributed by atoms with Crippen molar-refractivity contribution in [2.24, 2.45) is 12.2 Å². The van der Waals surface area contributed by atoms with Gasteiger partial charge in [0, 0.05) is 13.6 Å². The van der Waals surface area contributed by atoms with Gasteiger partial charge in [-0.25, -0.2) is 4.98 Å². The fraction of sp³-hybridized carbons (Fsp3) is 0.192. The maximum absolute atomic E-state index is 12.2. The lowest BCUT2D eigenvalue weighted by atomic mass is 10.1. The lowest BCUT2D eigenvalue weighted by molar-refractivity contribution is -0.125. The third kappa shape index (κ3) is 5.40. The third-order valence-corrected chi connectivity index (χ3v) is 5.26. The van der Waals surface area contributed by atoms with Gasteiger partial charge in [-0.15, -0.1) is 0 Å². The van der Waals surface area contributed by atoms with E-state index in [9.17, 15) is 4.79 Å². The minimum atomic E-state index is -0.195. The Morgan fingerprint density at radius 2 is 1.66 bits per heavy atom. The number of carbonyl (C=O) groups is 1. The zero-order chi connectivity index (χ0) is 22.2. The van der Waals surface area contributed by atoms with Gasteiger partial charge in [-0.1, -0.05) is 78.0 Å². The number of nitrogens with one attached hydrogen (secondary N) is 1. The molecule has 0 unspecified atom stereocenters. The molecule has 1 amide bonds. The molecule has 0 atom stereocenters. The molecule has 0 spiro atoms. The van der Waals surface area contributed by atoms with Crippen LogP contribution in [-0.2, 0) is 29.5 Å². The number of aryl methyl sites for hydroxylation is 1. The van der Waals surface area contributed by atoms with Crippen LogP contribution in [0.3, 0.4) is 0 Å². The van der Waals surface area contributed by atoms with Gasteiger partial charge in [0.1, 0.15) is 5.82 Å². The number of hydrogen-bond donors (Lipinski definition) is 1. The number of oxime groups is 1. The van der Waals surface area contributed by atoms with Gasteiger partial charge < -0.3 is 14.7 Å². The number of fused-ring (bicyclic) bond motifs is 1. The molecule has 6 nitrogen and oxygen atoms in total. The monoisotopic (exact) mass is 426 g/mol. The predicted octanol–water partition coefficient (Wildman–Crippen LogP) is 3.90. The van der Waals surface area contributed by atoms with Gasteiger partial charge in [0.05, 0.1) is 23.2 Å². The van der Waals surface area contributed by atoms with Crippen molar-refractivity contribution in [3.63, 3.8) is 0 Å². The average Bonchev–Trinajstić information content (AvgIpc) is 3.15. The van der Waals surface area contributed by atoms with E-state index < -0.39 is 0 Å². The van der Waals surface area contributed by atoms with Crippen molar-refractivity contribution in [3.05, 3.63) is 102 Å². The first kappa shape index (κ1) is 21.3. The van der Waals surface area contributed by atoms with Gasteiger partial charge in [-0.05, 0) is 29.7 Å². The Balaban J connectivity index is 1.40. The Labute approximate surface area is 187 Å². The van der Waals surface area contributed by atoms with E-state index in [-0.39, 0.29) is 12.5 Å². The molecule has 0 aliphatic heterocycles. The topological polar surface area (TPSA) is 68.5 Å². The minimum Gasteiger partial charge on any atom is -0.385 e. The molecule has 4 aromatic rings. The zero-order valence-corrected chi connectivity index (χ0v) is 18.1. The highest BCUT2D eigenvalue weighted by Gasteiger charge is 2.13. The number of nitrogens with zero attached hydrogens (tertiary/aromatic N) is 3. The van der Waals surface area contributed by atoms with E-state index in [0.717, 1.165) is 34.6 Å². The molecule has 1 N–H and O–H groups in total. The summed E-state index contributed by atoms with van der Waals surface area (Å²) < 4.78 is 2.06. The molecular formula is C26H26N4O2. The number of benzene rings is 3. The Morgan fingerprint density at radius 3 is 2.41 bits per heavy atom. The van der Waals surface area contributed by atoms with E-state index in [2.05, 4.69) is 15.0 Å². The molecule has 0 aliphatic rings. The van der Waals surface area contributed by atoms with Crippen molar-refractivity contribution in [1.82, 2.24) is 14.9 Å². The van der Waals surface area contributed by atoms with Gasteiger partial charge in [-0.2, -0.15) is 0 Å². The lowest BCUT2D eigenvalue weighted by Gasteiger charge is -2.08. The van der Waals surface area contributed by atoms with E-state index in [1.54, 1.807) is 0 Å². The van der Waals surface area contributed by atoms with Crippen LogP contribution in [0.25, 0.3) is 11.0 Å². The zero-order valence-electron chi connectivity index (χ0n) is 18.1. The van der Waals surface area contributed by atoms with E-state index in [4.69, 9.17) is 9.82 Å². The molecule has 1 aromatic heterocycles. The minimum absolute atomic E-state index is 0.131. The highest BCUT2D eigenvalue weighted by Crippen LogP contribution is 2.16. The summed E-state index contributed by atoms with van der Waals surface area (Å²) in [7, 11) is 1.99. The number of carbonyl (C=O) groups excluding carboxylic acids is 1. The molecule has 0 fully saturated rings. The largest absolute Gasteiger partial charge is 0.385 e. The van der Waals surface area contributed by atoms with E-state index in [1.165, 1.54) is 5.56 Å². The van der Waals surface area contributed by atoms with Crippen LogP contribution in [0.1, 0.15) is 17.0 Å². The second-order valence-corrected chi connectivity index (χ2v) is 7.52. The highest BCUT2D eigenvalue weighted by molar-refractivity contribution is 6.01. The van der Waals surface area contributed by atoms with Crippen LogP contribution in [-0.4, -0.2) is 34.3 Å². The van der Waals surface area contributed by atoms with Crippen molar-refractivity contribution in [2.75, 3.05) is 13.2 Å². The summed E-state index contributed by atoms with van der Waals surface area (Å²) in [4.78, 5) is 22.3. The molecule has 4 rings (SSSR count). The van der Waals surface area contributed by atoms with Crippen molar-refractivity contribution in [3.8, 4) is 0 Å². The SMILES string of the molecule is Cn1c(CC(=NOCC(=O)NCCc2ccccc2)c2ccccc2)nc2ccccc21. The van der Waals surface area contributed by atoms with E-state index in [0.29, 0.717) is 13.0 Å². The number of hydrogen-bond acceptors (Lipinski definition) is 4. The molecule has 6 heteroatoms. The number of amides is 1. The molecule has 0 bridgehead atoms. The average molecular weight is 427 g/mol. The lowest BCUT2D eigenvalue weighted by Crippen LogP contribution is -2.29. The summed E-state index contributed by atoms with van der Waals surface area (Å²) in [6.07, 6.45) is 1.27. The normalized spacial score (nSPS) is 11.5. The first-order valence-corrected chi connectivity index (χ1v) is 10.7. The third-order valence-electron chi connectivity index (χ3n) is 5.26. The predicted molar refractivity (Wildman–Crippen MR) is 127 cm³/mol. The highest BCUT2D eigenvalue weighted by atomic mass is 16.6. The van der Waals surface area contributed by atoms with Gasteiger partial charge >= 0.3 is 0 Å². The Kier molecular flexibility index (Phi) is 6.92. The van der Waals surface area contributed by atoms with Crippen LogP contribution >= 0.6 is 0 Å². The smallest absolute Gasteiger partial charge is 0.260 e. The molecule has 0 radical (unpaired) electrons. The van der Waals surface area contributed by atoms with Gasteiger partial charge in [0.25, 0.3) is 5.91 Å². The Morgan fingerprint density at radius 1 is 0.969 bits per heavy atom. The summed E-state index contributed by atoms with van der Waals surface area (Å²) in [6.45, 7) is 0.426. The second-order valence-electron chi connectivity index (χ2n) is 7.52. The molecular weight excluding hydrogens is 400 g/mol. The molecule has 1 heterocycles. The maximum Gasteiger partial charge on any atom is 0.260 e. The summed E-state index contributed by atoms with van der Waals surface area (Å²) >= 11 is 0. The summed E-state index contributed by atoms with van der Waals surface area (Å²) in [6, 6.07) is 27.9. The first-order chi connectivity index (χ1) is 15.7. The summed E-state index contributed by atoms with van der Waals surface area (Å²) in [5.41, 5.74) is 4.84. The van der Waals surface area contributed by atoms with Crippen LogP contribution < -0.4 is 5.32 Å². The van der Waals surface area contributed by atoms with E-state index >= 15 is 0 Å². The second kappa shape index (κ2) is 10.4. The standard InChI is InChI=1S/C26H26N4O2/c1-30-24-15-9-8-14-22(24)28-25(30)18-23(21-12-6-3-7-13-21)29-32-19-26(31)27-17-16-20-10-4-2-5-11-20/h2-15H,16-19H2,1H3,(H,27,31). The fourth-order valence-corrected chi connectivity index (χ4v) is 3.53. The van der Waals surface area contributed by atoms with Gasteiger partial charge in [-0.3, -0.25) is 4.79 Å². The van der Waals surface area contributed by atoms with Crippen LogP contribution in [0.4, 0.5) is 0 Å². The molecule has 32 heavy (non-hydrogen) atoms. The van der Waals surface area contributed by atoms with Crippen LogP contribution in [0.2, 0.25) is 0 Å². The van der Waals surface area contributed by atoms with Crippen molar-refractivity contribution in [2.45, 2.75) is 12.8 Å². The van der Waals surface area contributed by atoms with Crippen LogP contribution in [0.5, 0.6) is 0 Å². The quantitative estimate of drug-likeness (QED) is 0.326. The van der Waals surface area contributed by atoms with Crippen LogP contribution in [0, 0.1) is 0 Å². The fourth-order valence-electron chi connectivity index (χ4n) is 3.53. The number of para-hydroxylation sites is 2. The summed E-state index contributed by atoms with van der Waals surface area (Å²) in [5, 5.41) is 7.18. The van der Waals surface area contributed by atoms with Crippen molar-refractivity contribution < 1.29 is 9.63 Å². The molecule has 0 saturated heterocycles. The number of rotatable bonds is 9. The number of aromatic nitrogens is 2. The van der Waals surface area contributed by atoms with Gasteiger partial charge in [0.15, 0.2) is 6.61 Å². The van der Waals surface area contributed by atoms with E-state index in [1.807, 2.05) is 92.0 Å². The molecule has 0 aliphatic carbocycles. The van der Waals surface area contributed by atoms with Crippen LogP contribution in [0.15, 0.2) is 90.1 Å². The van der Waals surface area contributed by atoms with Gasteiger partial charge in [0.2, 0.25) is 0 Å².